The molecule has 3 rings (SSSR count). The van der Waals surface area contributed by atoms with Crippen molar-refractivity contribution in [1.29, 1.82) is 0 Å². The second-order valence-corrected chi connectivity index (χ2v) is 6.98. The molecule has 1 aromatic carbocycles. The highest BCUT2D eigenvalue weighted by atomic mass is 16.4. The number of carboxylic acids is 1. The summed E-state index contributed by atoms with van der Waals surface area (Å²) in [6.07, 6.45) is 2.92. The first kappa shape index (κ1) is 18.3. The number of hydrogen-bond acceptors (Lipinski definition) is 6. The van der Waals surface area contributed by atoms with Crippen LogP contribution in [0.1, 0.15) is 43.5 Å². The minimum Gasteiger partial charge on any atom is -0.481 e. The summed E-state index contributed by atoms with van der Waals surface area (Å²) in [5, 5.41) is 23.9. The van der Waals surface area contributed by atoms with Crippen molar-refractivity contribution in [2.45, 2.75) is 44.6 Å². The summed E-state index contributed by atoms with van der Waals surface area (Å²) in [5.41, 5.74) is 8.22. The molecule has 3 unspecified atom stereocenters. The van der Waals surface area contributed by atoms with Crippen molar-refractivity contribution in [2.24, 2.45) is 11.7 Å². The second-order valence-electron chi connectivity index (χ2n) is 6.98. The summed E-state index contributed by atoms with van der Waals surface area (Å²) >= 11 is 0. The lowest BCUT2D eigenvalue weighted by atomic mass is 9.83. The molecule has 0 radical (unpaired) electrons. The van der Waals surface area contributed by atoms with Crippen molar-refractivity contribution in [3.05, 3.63) is 35.7 Å². The Bertz CT molecular complexity index is 720. The molecule has 2 heterocycles. The maximum Gasteiger partial charge on any atom is 0.307 e. The molecule has 1 aliphatic rings. The van der Waals surface area contributed by atoms with E-state index in [2.05, 4.69) is 37.7 Å². The zero-order valence-corrected chi connectivity index (χ0v) is 15.0. The highest BCUT2D eigenvalue weighted by molar-refractivity contribution is 5.71. The Morgan fingerprint density at radius 1 is 1.50 bits per heavy atom. The molecule has 26 heavy (non-hydrogen) atoms. The summed E-state index contributed by atoms with van der Waals surface area (Å²) in [4.78, 5) is 14.1. The third-order valence-electron chi connectivity index (χ3n) is 5.05. The van der Waals surface area contributed by atoms with E-state index in [-0.39, 0.29) is 12.0 Å². The number of nitrogens with two attached hydrogens (primary N) is 1. The van der Waals surface area contributed by atoms with Gasteiger partial charge in [-0.05, 0) is 37.0 Å². The van der Waals surface area contributed by atoms with E-state index in [0.717, 1.165) is 37.2 Å². The third-order valence-corrected chi connectivity index (χ3v) is 5.05. The molecule has 1 saturated heterocycles. The first-order valence-electron chi connectivity index (χ1n) is 9.14. The Kier molecular flexibility index (Phi) is 5.82. The minimum absolute atomic E-state index is 0.215. The molecular formula is C18H26N6O2. The van der Waals surface area contributed by atoms with E-state index in [4.69, 9.17) is 5.73 Å². The number of carboxylic acid groups (broad SMARTS) is 1. The van der Waals surface area contributed by atoms with E-state index >= 15 is 0 Å². The summed E-state index contributed by atoms with van der Waals surface area (Å²) in [5.74, 6) is -1.22. The first-order valence-corrected chi connectivity index (χ1v) is 9.14. The van der Waals surface area contributed by atoms with Gasteiger partial charge in [-0.2, -0.15) is 5.21 Å². The standard InChI is InChI=1S/C18H26N6O2/c1-2-4-15(18(25)26)16(17-20-22-23-21-17)10-12-5-3-6-14(9-12)24-8-7-13(19)11-24/h3,5-6,9,13,15-16H,2,4,7-8,10-11,19H2,1H3,(H,25,26)(H,20,21,22,23). The summed E-state index contributed by atoms with van der Waals surface area (Å²) < 4.78 is 0. The number of H-pyrrole nitrogens is 1. The molecule has 1 fully saturated rings. The van der Waals surface area contributed by atoms with E-state index in [0.29, 0.717) is 18.7 Å². The fourth-order valence-electron chi connectivity index (χ4n) is 3.70. The summed E-state index contributed by atoms with van der Waals surface area (Å²) in [7, 11) is 0. The molecule has 8 nitrogen and oxygen atoms in total. The number of aromatic nitrogens is 4. The average molecular weight is 358 g/mol. The van der Waals surface area contributed by atoms with Crippen LogP contribution in [0.3, 0.4) is 0 Å². The third kappa shape index (κ3) is 4.19. The van der Waals surface area contributed by atoms with E-state index in [9.17, 15) is 9.90 Å². The Labute approximate surface area is 152 Å². The Balaban J connectivity index is 1.84. The molecule has 0 saturated carbocycles. The Hall–Kier alpha value is -2.48. The van der Waals surface area contributed by atoms with Crippen molar-refractivity contribution in [1.82, 2.24) is 20.6 Å². The van der Waals surface area contributed by atoms with Crippen molar-refractivity contribution in [3.8, 4) is 0 Å². The lowest BCUT2D eigenvalue weighted by Crippen LogP contribution is -2.26. The number of nitrogens with one attached hydrogen (secondary N) is 1. The quantitative estimate of drug-likeness (QED) is 0.655. The summed E-state index contributed by atoms with van der Waals surface area (Å²) in [6, 6.07) is 8.45. The maximum atomic E-state index is 11.8. The number of rotatable bonds is 8. The average Bonchev–Trinajstić information content (AvgIpc) is 3.30. The summed E-state index contributed by atoms with van der Waals surface area (Å²) in [6.45, 7) is 3.79. The lowest BCUT2D eigenvalue weighted by Gasteiger charge is -2.23. The number of carbonyl (C=O) groups is 1. The van der Waals surface area contributed by atoms with Gasteiger partial charge in [-0.3, -0.25) is 4.79 Å². The van der Waals surface area contributed by atoms with Gasteiger partial charge in [-0.1, -0.05) is 30.7 Å². The van der Waals surface area contributed by atoms with Gasteiger partial charge in [0, 0.05) is 30.7 Å². The van der Waals surface area contributed by atoms with Gasteiger partial charge >= 0.3 is 5.97 Å². The van der Waals surface area contributed by atoms with Crippen LogP contribution in [0.15, 0.2) is 24.3 Å². The number of anilines is 1. The predicted octanol–water partition coefficient (Wildman–Crippen LogP) is 1.56. The second kappa shape index (κ2) is 8.27. The van der Waals surface area contributed by atoms with E-state index in [1.807, 2.05) is 19.1 Å². The van der Waals surface area contributed by atoms with Gasteiger partial charge < -0.3 is 15.7 Å². The molecule has 8 heteroatoms. The van der Waals surface area contributed by atoms with Crippen LogP contribution in [0, 0.1) is 5.92 Å². The van der Waals surface area contributed by atoms with Crippen molar-refractivity contribution >= 4 is 11.7 Å². The number of tetrazole rings is 1. The van der Waals surface area contributed by atoms with Gasteiger partial charge in [0.05, 0.1) is 5.92 Å². The fraction of sp³-hybridized carbons (Fsp3) is 0.556. The van der Waals surface area contributed by atoms with Crippen LogP contribution in [0.25, 0.3) is 0 Å². The normalized spacial score (nSPS) is 19.5. The molecule has 140 valence electrons. The Morgan fingerprint density at radius 3 is 2.96 bits per heavy atom. The first-order chi connectivity index (χ1) is 12.6. The van der Waals surface area contributed by atoms with E-state index in [1.54, 1.807) is 0 Å². The van der Waals surface area contributed by atoms with Gasteiger partial charge in [-0.25, -0.2) is 0 Å². The van der Waals surface area contributed by atoms with Crippen LogP contribution in [0.2, 0.25) is 0 Å². The van der Waals surface area contributed by atoms with Gasteiger partial charge in [0.1, 0.15) is 0 Å². The minimum atomic E-state index is -0.816. The lowest BCUT2D eigenvalue weighted by molar-refractivity contribution is -0.142. The SMILES string of the molecule is CCCC(C(=O)O)C(Cc1cccc(N2CCC(N)C2)c1)c1nn[nH]n1. The van der Waals surface area contributed by atoms with Crippen LogP contribution in [0.4, 0.5) is 5.69 Å². The highest BCUT2D eigenvalue weighted by Crippen LogP contribution is 2.31. The van der Waals surface area contributed by atoms with Crippen LogP contribution in [-0.2, 0) is 11.2 Å². The highest BCUT2D eigenvalue weighted by Gasteiger charge is 2.32. The number of benzene rings is 1. The zero-order chi connectivity index (χ0) is 18.5. The molecule has 0 spiro atoms. The molecule has 4 N–H and O–H groups in total. The molecule has 2 aromatic rings. The van der Waals surface area contributed by atoms with E-state index in [1.165, 1.54) is 0 Å². The number of hydrogen-bond donors (Lipinski definition) is 3. The van der Waals surface area contributed by atoms with Gasteiger partial charge in [-0.15, -0.1) is 10.2 Å². The predicted molar refractivity (Wildman–Crippen MR) is 97.9 cm³/mol. The molecule has 1 aliphatic heterocycles. The number of aromatic amines is 1. The smallest absolute Gasteiger partial charge is 0.307 e. The molecule has 3 atom stereocenters. The molecule has 1 aromatic heterocycles. The van der Waals surface area contributed by atoms with E-state index < -0.39 is 11.9 Å². The number of nitrogens with zero attached hydrogens (tertiary/aromatic N) is 4. The Morgan fingerprint density at radius 2 is 2.35 bits per heavy atom. The van der Waals surface area contributed by atoms with Crippen molar-refractivity contribution in [3.63, 3.8) is 0 Å². The molecule has 0 bridgehead atoms. The van der Waals surface area contributed by atoms with Crippen molar-refractivity contribution < 1.29 is 9.90 Å². The zero-order valence-electron chi connectivity index (χ0n) is 15.0. The van der Waals surface area contributed by atoms with Crippen molar-refractivity contribution in [2.75, 3.05) is 18.0 Å². The topological polar surface area (TPSA) is 121 Å². The largest absolute Gasteiger partial charge is 0.481 e. The van der Waals surface area contributed by atoms with Crippen LogP contribution in [-0.4, -0.2) is 50.8 Å². The monoisotopic (exact) mass is 358 g/mol. The van der Waals surface area contributed by atoms with Crippen LogP contribution < -0.4 is 10.6 Å². The molecular weight excluding hydrogens is 332 g/mol. The van der Waals surface area contributed by atoms with Gasteiger partial charge in [0.2, 0.25) is 0 Å². The van der Waals surface area contributed by atoms with Gasteiger partial charge in [0.25, 0.3) is 0 Å². The molecule has 0 aliphatic carbocycles. The van der Waals surface area contributed by atoms with Crippen LogP contribution in [0.5, 0.6) is 0 Å². The fourth-order valence-corrected chi connectivity index (χ4v) is 3.70. The maximum absolute atomic E-state index is 11.8. The van der Waals surface area contributed by atoms with Crippen LogP contribution >= 0.6 is 0 Å². The van der Waals surface area contributed by atoms with Gasteiger partial charge in [0.15, 0.2) is 5.82 Å². The number of aliphatic carboxylic acids is 1. The molecule has 0 amide bonds.